The van der Waals surface area contributed by atoms with E-state index in [9.17, 15) is 0 Å². The summed E-state index contributed by atoms with van der Waals surface area (Å²) in [6.07, 6.45) is 1.01. The smallest absolute Gasteiger partial charge is 0.334 e. The fraction of sp³-hybridized carbons (Fsp3) is 0.500. The molecule has 96 valence electrons. The molecule has 0 aliphatic carbocycles. The largest absolute Gasteiger partial charge is 0.398 e. The van der Waals surface area contributed by atoms with Gasteiger partial charge in [0.25, 0.3) is 0 Å². The summed E-state index contributed by atoms with van der Waals surface area (Å²) in [5.41, 5.74) is 7.61. The van der Waals surface area contributed by atoms with Gasteiger partial charge in [0.15, 0.2) is 0 Å². The van der Waals surface area contributed by atoms with E-state index in [2.05, 4.69) is 11.9 Å². The van der Waals surface area contributed by atoms with E-state index in [-0.39, 0.29) is 0 Å². The Kier molecular flexibility index (Phi) is 5.47. The molecule has 3 N–H and O–H groups in total. The first-order chi connectivity index (χ1) is 8.11. The molecule has 0 amide bonds. The van der Waals surface area contributed by atoms with E-state index in [1.165, 1.54) is 0 Å². The molecular weight excluding hydrogens is 232 g/mol. The second-order valence-corrected chi connectivity index (χ2v) is 7.74. The Morgan fingerprint density at radius 3 is 2.47 bits per heavy atom. The maximum atomic E-state index is 5.84. The van der Waals surface area contributed by atoms with Gasteiger partial charge in [0.05, 0.1) is 11.4 Å². The third-order valence-corrected chi connectivity index (χ3v) is 5.94. The Hall–Kier alpha value is -1.04. The molecule has 0 saturated carbocycles. The normalized spacial score (nSPS) is 11.5. The topological polar surface area (TPSA) is 56.5 Å². The molecule has 1 aromatic rings. The summed E-state index contributed by atoms with van der Waals surface area (Å²) >= 11 is 0. The van der Waals surface area contributed by atoms with Gasteiger partial charge < -0.3 is 19.9 Å². The van der Waals surface area contributed by atoms with Crippen molar-refractivity contribution in [3.8, 4) is 0 Å². The Morgan fingerprint density at radius 1 is 1.24 bits per heavy atom. The van der Waals surface area contributed by atoms with Crippen LogP contribution in [0.25, 0.3) is 0 Å². The Bertz CT molecular complexity index is 343. The van der Waals surface area contributed by atoms with E-state index in [4.69, 9.17) is 14.6 Å². The van der Waals surface area contributed by atoms with Crippen LogP contribution < -0.4 is 11.1 Å². The van der Waals surface area contributed by atoms with Crippen LogP contribution in [0, 0.1) is 0 Å². The highest BCUT2D eigenvalue weighted by Gasteiger charge is 2.27. The van der Waals surface area contributed by atoms with Crippen LogP contribution in [0.5, 0.6) is 0 Å². The van der Waals surface area contributed by atoms with Crippen molar-refractivity contribution in [3.63, 3.8) is 0 Å². The molecule has 0 spiro atoms. The van der Waals surface area contributed by atoms with Crippen molar-refractivity contribution < 1.29 is 8.85 Å². The van der Waals surface area contributed by atoms with Crippen molar-refractivity contribution in [1.82, 2.24) is 0 Å². The van der Waals surface area contributed by atoms with Crippen LogP contribution in [0.4, 0.5) is 11.4 Å². The second-order valence-electron chi connectivity index (χ2n) is 4.16. The molecule has 1 aromatic carbocycles. The van der Waals surface area contributed by atoms with Gasteiger partial charge >= 0.3 is 8.56 Å². The summed E-state index contributed by atoms with van der Waals surface area (Å²) in [4.78, 5) is 0. The first-order valence-electron chi connectivity index (χ1n) is 5.80. The zero-order valence-corrected chi connectivity index (χ0v) is 11.8. The van der Waals surface area contributed by atoms with E-state index >= 15 is 0 Å². The van der Waals surface area contributed by atoms with Crippen LogP contribution in [-0.2, 0) is 8.85 Å². The quantitative estimate of drug-likeness (QED) is 0.446. The predicted octanol–water partition coefficient (Wildman–Crippen LogP) is 2.44. The predicted molar refractivity (Wildman–Crippen MR) is 74.4 cm³/mol. The number of para-hydroxylation sites is 2. The lowest BCUT2D eigenvalue weighted by molar-refractivity contribution is 0.249. The molecule has 4 nitrogen and oxygen atoms in total. The van der Waals surface area contributed by atoms with E-state index in [1.54, 1.807) is 14.2 Å². The number of nitrogen functional groups attached to an aromatic ring is 1. The summed E-state index contributed by atoms with van der Waals surface area (Å²) in [7, 11) is 1.52. The third-order valence-electron chi connectivity index (χ3n) is 2.95. The zero-order valence-electron chi connectivity index (χ0n) is 10.8. The van der Waals surface area contributed by atoms with Crippen molar-refractivity contribution in [3.05, 3.63) is 24.3 Å². The van der Waals surface area contributed by atoms with Crippen molar-refractivity contribution >= 4 is 19.9 Å². The second kappa shape index (κ2) is 6.63. The summed E-state index contributed by atoms with van der Waals surface area (Å²) in [6, 6.07) is 8.76. The van der Waals surface area contributed by atoms with Gasteiger partial charge in [0, 0.05) is 20.8 Å². The van der Waals surface area contributed by atoms with Crippen molar-refractivity contribution in [2.75, 3.05) is 31.8 Å². The van der Waals surface area contributed by atoms with Gasteiger partial charge in [-0.3, -0.25) is 0 Å². The summed E-state index contributed by atoms with van der Waals surface area (Å²) in [5, 5.41) is 3.32. The minimum atomic E-state index is -1.92. The average molecular weight is 254 g/mol. The fourth-order valence-electron chi connectivity index (χ4n) is 1.58. The van der Waals surface area contributed by atoms with Crippen LogP contribution in [0.2, 0.25) is 12.6 Å². The number of hydrogen-bond acceptors (Lipinski definition) is 4. The molecule has 0 radical (unpaired) electrons. The van der Waals surface area contributed by atoms with E-state index in [1.807, 2.05) is 24.3 Å². The molecule has 0 aliphatic rings. The molecule has 0 saturated heterocycles. The molecule has 0 heterocycles. The van der Waals surface area contributed by atoms with Crippen LogP contribution in [0.15, 0.2) is 24.3 Å². The van der Waals surface area contributed by atoms with Crippen molar-refractivity contribution in [2.45, 2.75) is 19.0 Å². The van der Waals surface area contributed by atoms with Crippen LogP contribution >= 0.6 is 0 Å². The first kappa shape index (κ1) is 14.0. The van der Waals surface area contributed by atoms with E-state index in [0.717, 1.165) is 30.4 Å². The molecule has 0 fully saturated rings. The number of benzene rings is 1. The lowest BCUT2D eigenvalue weighted by Crippen LogP contribution is -2.36. The monoisotopic (exact) mass is 254 g/mol. The van der Waals surface area contributed by atoms with Crippen molar-refractivity contribution in [1.29, 1.82) is 0 Å². The SMILES string of the molecule is CO[Si](C)(CCCNc1ccccc1N)OC. The summed E-state index contributed by atoms with van der Waals surface area (Å²) in [5.74, 6) is 0. The minimum absolute atomic E-state index is 0.783. The average Bonchev–Trinajstić information content (AvgIpc) is 2.36. The highest BCUT2D eigenvalue weighted by molar-refractivity contribution is 6.65. The van der Waals surface area contributed by atoms with Crippen LogP contribution in [-0.4, -0.2) is 29.3 Å². The molecule has 0 unspecified atom stereocenters. The minimum Gasteiger partial charge on any atom is -0.398 e. The lowest BCUT2D eigenvalue weighted by Gasteiger charge is -2.22. The van der Waals surface area contributed by atoms with Crippen LogP contribution in [0.3, 0.4) is 0 Å². The zero-order chi connectivity index (χ0) is 12.7. The van der Waals surface area contributed by atoms with Gasteiger partial charge in [-0.25, -0.2) is 0 Å². The summed E-state index contributed by atoms with van der Waals surface area (Å²) < 4.78 is 10.9. The number of rotatable bonds is 7. The fourth-order valence-corrected chi connectivity index (χ4v) is 2.97. The van der Waals surface area contributed by atoms with E-state index in [0.29, 0.717) is 0 Å². The number of nitrogens with two attached hydrogens (primary N) is 1. The third kappa shape index (κ3) is 4.38. The number of hydrogen-bond donors (Lipinski definition) is 2. The van der Waals surface area contributed by atoms with Crippen molar-refractivity contribution in [2.24, 2.45) is 0 Å². The highest BCUT2D eigenvalue weighted by Crippen LogP contribution is 2.18. The van der Waals surface area contributed by atoms with Gasteiger partial charge in [0.1, 0.15) is 0 Å². The Balaban J connectivity index is 2.32. The first-order valence-corrected chi connectivity index (χ1v) is 8.32. The maximum Gasteiger partial charge on any atom is 0.334 e. The maximum absolute atomic E-state index is 5.84. The van der Waals surface area contributed by atoms with Gasteiger partial charge in [-0.15, -0.1) is 0 Å². The molecule has 0 aliphatic heterocycles. The number of nitrogens with one attached hydrogen (secondary N) is 1. The molecule has 5 heteroatoms. The molecule has 0 bridgehead atoms. The molecule has 1 rings (SSSR count). The molecule has 0 atom stereocenters. The van der Waals surface area contributed by atoms with Gasteiger partial charge in [-0.2, -0.15) is 0 Å². The summed E-state index contributed by atoms with van der Waals surface area (Å²) in [6.45, 7) is 2.95. The highest BCUT2D eigenvalue weighted by atomic mass is 28.4. The van der Waals surface area contributed by atoms with Gasteiger partial charge in [0.2, 0.25) is 0 Å². The molecule has 0 aromatic heterocycles. The van der Waals surface area contributed by atoms with E-state index < -0.39 is 8.56 Å². The molecular formula is C12H22N2O2Si. The molecule has 17 heavy (non-hydrogen) atoms. The van der Waals surface area contributed by atoms with Gasteiger partial charge in [-0.1, -0.05) is 12.1 Å². The lowest BCUT2D eigenvalue weighted by atomic mass is 10.2. The number of anilines is 2. The Morgan fingerprint density at radius 2 is 1.88 bits per heavy atom. The Labute approximate surface area is 104 Å². The van der Waals surface area contributed by atoms with Gasteiger partial charge in [-0.05, 0) is 31.1 Å². The van der Waals surface area contributed by atoms with Crippen LogP contribution in [0.1, 0.15) is 6.42 Å². The standard InChI is InChI=1S/C12H22N2O2Si/c1-15-17(3,16-2)10-6-9-14-12-8-5-4-7-11(12)13/h4-5,7-8,14H,6,9-10,13H2,1-3H3.